The van der Waals surface area contributed by atoms with Crippen LogP contribution in [0.2, 0.25) is 0 Å². The van der Waals surface area contributed by atoms with E-state index in [1.165, 1.54) is 41.0 Å². The van der Waals surface area contributed by atoms with Crippen LogP contribution in [0.25, 0.3) is 5.69 Å². The van der Waals surface area contributed by atoms with Crippen molar-refractivity contribution < 1.29 is 0 Å². The number of aryl methyl sites for hydroxylation is 2. The molecule has 0 amide bonds. The quantitative estimate of drug-likeness (QED) is 0.907. The second-order valence-electron chi connectivity index (χ2n) is 5.83. The SMILES string of the molecule is Cc1ccccc1-n1nc(C)c(C2CCCNC2)c1C. The third-order valence-electron chi connectivity index (χ3n) is 4.40. The topological polar surface area (TPSA) is 29.9 Å². The molecule has 1 aromatic heterocycles. The Morgan fingerprint density at radius 1 is 1.20 bits per heavy atom. The molecule has 0 aliphatic carbocycles. The lowest BCUT2D eigenvalue weighted by molar-refractivity contribution is 0.459. The smallest absolute Gasteiger partial charge is 0.0678 e. The molecule has 2 heterocycles. The maximum Gasteiger partial charge on any atom is 0.0678 e. The third kappa shape index (κ3) is 2.27. The van der Waals surface area contributed by atoms with Gasteiger partial charge in [-0.3, -0.25) is 0 Å². The molecule has 3 heteroatoms. The van der Waals surface area contributed by atoms with Gasteiger partial charge in [0.2, 0.25) is 0 Å². The van der Waals surface area contributed by atoms with Gasteiger partial charge < -0.3 is 5.32 Å². The fourth-order valence-electron chi connectivity index (χ4n) is 3.38. The van der Waals surface area contributed by atoms with Gasteiger partial charge in [0.15, 0.2) is 0 Å². The first kappa shape index (κ1) is 13.4. The largest absolute Gasteiger partial charge is 0.316 e. The van der Waals surface area contributed by atoms with Crippen molar-refractivity contribution in [2.75, 3.05) is 13.1 Å². The van der Waals surface area contributed by atoms with Gasteiger partial charge in [-0.1, -0.05) is 18.2 Å². The van der Waals surface area contributed by atoms with Gasteiger partial charge in [-0.25, -0.2) is 4.68 Å². The summed E-state index contributed by atoms with van der Waals surface area (Å²) < 4.78 is 2.12. The summed E-state index contributed by atoms with van der Waals surface area (Å²) in [5.41, 5.74) is 6.39. The van der Waals surface area contributed by atoms with Crippen LogP contribution in [0.3, 0.4) is 0 Å². The van der Waals surface area contributed by atoms with Crippen molar-refractivity contribution >= 4 is 0 Å². The van der Waals surface area contributed by atoms with E-state index >= 15 is 0 Å². The first-order valence-electron chi connectivity index (χ1n) is 7.51. The highest BCUT2D eigenvalue weighted by atomic mass is 15.3. The Morgan fingerprint density at radius 3 is 2.70 bits per heavy atom. The summed E-state index contributed by atoms with van der Waals surface area (Å²) in [6.07, 6.45) is 2.53. The van der Waals surface area contributed by atoms with E-state index in [-0.39, 0.29) is 0 Å². The van der Waals surface area contributed by atoms with Crippen molar-refractivity contribution in [1.82, 2.24) is 15.1 Å². The van der Waals surface area contributed by atoms with Crippen LogP contribution in [0.15, 0.2) is 24.3 Å². The number of nitrogens with one attached hydrogen (secondary N) is 1. The number of hydrogen-bond acceptors (Lipinski definition) is 2. The van der Waals surface area contributed by atoms with Crippen LogP contribution in [0.4, 0.5) is 0 Å². The summed E-state index contributed by atoms with van der Waals surface area (Å²) in [5.74, 6) is 0.613. The molecule has 2 aromatic rings. The molecule has 1 atom stereocenters. The molecule has 20 heavy (non-hydrogen) atoms. The van der Waals surface area contributed by atoms with Crippen LogP contribution in [0.1, 0.15) is 41.3 Å². The number of benzene rings is 1. The predicted molar refractivity (Wildman–Crippen MR) is 82.6 cm³/mol. The van der Waals surface area contributed by atoms with Crippen molar-refractivity contribution in [3.05, 3.63) is 46.8 Å². The number of para-hydroxylation sites is 1. The Balaban J connectivity index is 2.04. The Hall–Kier alpha value is -1.61. The van der Waals surface area contributed by atoms with Crippen LogP contribution in [0.5, 0.6) is 0 Å². The summed E-state index contributed by atoms with van der Waals surface area (Å²) in [7, 11) is 0. The van der Waals surface area contributed by atoms with Crippen LogP contribution in [-0.4, -0.2) is 22.9 Å². The highest BCUT2D eigenvalue weighted by Gasteiger charge is 2.23. The average molecular weight is 269 g/mol. The first-order chi connectivity index (χ1) is 9.68. The van der Waals surface area contributed by atoms with Gasteiger partial charge in [-0.2, -0.15) is 5.10 Å². The molecule has 0 bridgehead atoms. The molecule has 1 unspecified atom stereocenters. The van der Waals surface area contributed by atoms with E-state index in [4.69, 9.17) is 5.10 Å². The predicted octanol–water partition coefficient (Wildman–Crippen LogP) is 3.26. The lowest BCUT2D eigenvalue weighted by Crippen LogP contribution is -2.28. The van der Waals surface area contributed by atoms with E-state index in [9.17, 15) is 0 Å². The minimum absolute atomic E-state index is 0.613. The zero-order valence-corrected chi connectivity index (χ0v) is 12.6. The van der Waals surface area contributed by atoms with E-state index in [0.29, 0.717) is 5.92 Å². The maximum absolute atomic E-state index is 4.81. The molecule has 0 saturated carbocycles. The number of rotatable bonds is 2. The van der Waals surface area contributed by atoms with Crippen molar-refractivity contribution in [3.8, 4) is 5.69 Å². The van der Waals surface area contributed by atoms with Gasteiger partial charge in [0.25, 0.3) is 0 Å². The summed E-state index contributed by atoms with van der Waals surface area (Å²) in [5, 5.41) is 8.32. The first-order valence-corrected chi connectivity index (χ1v) is 7.51. The molecule has 1 saturated heterocycles. The van der Waals surface area contributed by atoms with E-state index in [2.05, 4.69) is 55.0 Å². The van der Waals surface area contributed by atoms with Crippen LogP contribution < -0.4 is 5.32 Å². The molecule has 1 aromatic carbocycles. The summed E-state index contributed by atoms with van der Waals surface area (Å²) in [4.78, 5) is 0. The van der Waals surface area contributed by atoms with Gasteiger partial charge in [0.1, 0.15) is 0 Å². The average Bonchev–Trinajstić information content (AvgIpc) is 2.75. The third-order valence-corrected chi connectivity index (χ3v) is 4.40. The number of piperidine rings is 1. The van der Waals surface area contributed by atoms with Crippen LogP contribution in [0, 0.1) is 20.8 Å². The number of hydrogen-bond donors (Lipinski definition) is 1. The number of nitrogens with zero attached hydrogens (tertiary/aromatic N) is 2. The fraction of sp³-hybridized carbons (Fsp3) is 0.471. The molecule has 0 spiro atoms. The van der Waals surface area contributed by atoms with Gasteiger partial charge >= 0.3 is 0 Å². The summed E-state index contributed by atoms with van der Waals surface area (Å²) in [6, 6.07) is 8.46. The van der Waals surface area contributed by atoms with E-state index in [1.54, 1.807) is 0 Å². The van der Waals surface area contributed by atoms with E-state index < -0.39 is 0 Å². The van der Waals surface area contributed by atoms with Crippen LogP contribution >= 0.6 is 0 Å². The Morgan fingerprint density at radius 2 is 2.00 bits per heavy atom. The lowest BCUT2D eigenvalue weighted by atomic mass is 9.90. The van der Waals surface area contributed by atoms with Gasteiger partial charge in [0.05, 0.1) is 11.4 Å². The molecular weight excluding hydrogens is 246 g/mol. The van der Waals surface area contributed by atoms with Gasteiger partial charge in [0, 0.05) is 23.7 Å². The molecule has 0 radical (unpaired) electrons. The molecule has 3 nitrogen and oxygen atoms in total. The molecule has 3 rings (SSSR count). The second kappa shape index (κ2) is 5.41. The minimum Gasteiger partial charge on any atom is -0.316 e. The Labute approximate surface area is 121 Å². The van der Waals surface area contributed by atoms with Gasteiger partial charge in [-0.05, 0) is 51.8 Å². The molecular formula is C17H23N3. The summed E-state index contributed by atoms with van der Waals surface area (Å²) in [6.45, 7) is 8.73. The van der Waals surface area contributed by atoms with E-state index in [0.717, 1.165) is 13.1 Å². The molecule has 106 valence electrons. The zero-order valence-electron chi connectivity index (χ0n) is 12.6. The lowest BCUT2D eigenvalue weighted by Gasteiger charge is -2.23. The Bertz CT molecular complexity index is 607. The molecule has 1 N–H and O–H groups in total. The van der Waals surface area contributed by atoms with Crippen molar-refractivity contribution in [2.45, 2.75) is 39.5 Å². The summed E-state index contributed by atoms with van der Waals surface area (Å²) >= 11 is 0. The second-order valence-corrected chi connectivity index (χ2v) is 5.83. The van der Waals surface area contributed by atoms with Crippen molar-refractivity contribution in [3.63, 3.8) is 0 Å². The van der Waals surface area contributed by atoms with Crippen molar-refractivity contribution in [1.29, 1.82) is 0 Å². The highest BCUT2D eigenvalue weighted by molar-refractivity contribution is 5.43. The monoisotopic (exact) mass is 269 g/mol. The minimum atomic E-state index is 0.613. The number of aromatic nitrogens is 2. The standard InChI is InChI=1S/C17H23N3/c1-12-7-4-5-9-16(12)20-14(3)17(13(2)19-20)15-8-6-10-18-11-15/h4-5,7,9,15,18H,6,8,10-11H2,1-3H3. The Kier molecular flexibility index (Phi) is 3.62. The van der Waals surface area contributed by atoms with E-state index in [1.807, 2.05) is 0 Å². The maximum atomic E-state index is 4.81. The van der Waals surface area contributed by atoms with Crippen LogP contribution in [-0.2, 0) is 0 Å². The molecule has 1 fully saturated rings. The zero-order chi connectivity index (χ0) is 14.1. The van der Waals surface area contributed by atoms with Crippen molar-refractivity contribution in [2.24, 2.45) is 0 Å². The molecule has 1 aliphatic rings. The fourth-order valence-corrected chi connectivity index (χ4v) is 3.38. The van der Waals surface area contributed by atoms with Gasteiger partial charge in [-0.15, -0.1) is 0 Å². The normalized spacial score (nSPS) is 19.2. The highest BCUT2D eigenvalue weighted by Crippen LogP contribution is 2.30. The molecule has 1 aliphatic heterocycles.